The predicted molar refractivity (Wildman–Crippen MR) is 217 cm³/mol. The zero-order valence-corrected chi connectivity index (χ0v) is 28.3. The molecule has 0 aliphatic heterocycles. The SMILES string of the molecule is c1ccc(-c2ccc3c(c2)c2cc(-c4ccccc4)ccc2n3-c2cccc3c2oc2ccc(-c4cccc5c4sc4ccccc45)cc23)cc1. The first-order chi connectivity index (χ1) is 25.3. The molecule has 0 bridgehead atoms. The first-order valence-corrected chi connectivity index (χ1v) is 18.2. The highest BCUT2D eigenvalue weighted by atomic mass is 32.1. The molecule has 0 aliphatic rings. The van der Waals surface area contributed by atoms with Crippen LogP contribution in [0.5, 0.6) is 0 Å². The molecule has 0 N–H and O–H groups in total. The van der Waals surface area contributed by atoms with E-state index in [2.05, 4.69) is 180 Å². The molecule has 0 saturated heterocycles. The molecule has 0 aliphatic carbocycles. The predicted octanol–water partition coefficient (Wildman–Crippen LogP) is 14.1. The molecule has 8 aromatic carbocycles. The molecule has 0 spiro atoms. The summed E-state index contributed by atoms with van der Waals surface area (Å²) in [5.41, 5.74) is 12.4. The molecule has 2 nitrogen and oxygen atoms in total. The van der Waals surface area contributed by atoms with Gasteiger partial charge in [0.15, 0.2) is 5.58 Å². The van der Waals surface area contributed by atoms with Crippen molar-refractivity contribution in [1.29, 1.82) is 0 Å². The Balaban J connectivity index is 1.14. The Labute approximate surface area is 298 Å². The number of hydrogen-bond acceptors (Lipinski definition) is 2. The summed E-state index contributed by atoms with van der Waals surface area (Å²) in [6.07, 6.45) is 0. The van der Waals surface area contributed by atoms with Crippen LogP contribution < -0.4 is 0 Å². The van der Waals surface area contributed by atoms with Crippen molar-refractivity contribution in [2.24, 2.45) is 0 Å². The number of thiophene rings is 1. The Hall–Kier alpha value is -6.42. The van der Waals surface area contributed by atoms with E-state index in [1.807, 2.05) is 11.3 Å². The van der Waals surface area contributed by atoms with Crippen LogP contribution in [0.2, 0.25) is 0 Å². The number of hydrogen-bond donors (Lipinski definition) is 0. The van der Waals surface area contributed by atoms with Gasteiger partial charge in [-0.2, -0.15) is 0 Å². The number of para-hydroxylation sites is 1. The molecule has 3 heteroatoms. The van der Waals surface area contributed by atoms with E-state index < -0.39 is 0 Å². The third-order valence-corrected chi connectivity index (χ3v) is 11.6. The van der Waals surface area contributed by atoms with E-state index >= 15 is 0 Å². The van der Waals surface area contributed by atoms with Gasteiger partial charge in [-0.3, -0.25) is 0 Å². The summed E-state index contributed by atoms with van der Waals surface area (Å²) in [4.78, 5) is 0. The maximum absolute atomic E-state index is 6.80. The molecule has 0 amide bonds. The lowest BCUT2D eigenvalue weighted by Gasteiger charge is -2.09. The van der Waals surface area contributed by atoms with Crippen molar-refractivity contribution < 1.29 is 4.42 Å². The molecule has 0 unspecified atom stereocenters. The molecule has 0 atom stereocenters. The Morgan fingerprint density at radius 1 is 0.392 bits per heavy atom. The lowest BCUT2D eigenvalue weighted by molar-refractivity contribution is 0.666. The van der Waals surface area contributed by atoms with Crippen LogP contribution >= 0.6 is 11.3 Å². The fourth-order valence-corrected chi connectivity index (χ4v) is 9.24. The molecule has 11 rings (SSSR count). The van der Waals surface area contributed by atoms with Crippen molar-refractivity contribution >= 4 is 75.3 Å². The third-order valence-electron chi connectivity index (χ3n) is 10.4. The molecule has 0 radical (unpaired) electrons. The number of fused-ring (bicyclic) bond motifs is 9. The summed E-state index contributed by atoms with van der Waals surface area (Å²) in [5.74, 6) is 0. The highest BCUT2D eigenvalue weighted by Gasteiger charge is 2.20. The van der Waals surface area contributed by atoms with Crippen molar-refractivity contribution in [3.8, 4) is 39.1 Å². The second-order valence-electron chi connectivity index (χ2n) is 13.3. The van der Waals surface area contributed by atoms with Crippen molar-refractivity contribution in [3.05, 3.63) is 176 Å². The molecule has 0 fully saturated rings. The largest absolute Gasteiger partial charge is 0.454 e. The van der Waals surface area contributed by atoms with Gasteiger partial charge in [0.1, 0.15) is 5.58 Å². The van der Waals surface area contributed by atoms with Crippen molar-refractivity contribution in [2.75, 3.05) is 0 Å². The summed E-state index contributed by atoms with van der Waals surface area (Å²) in [5, 5.41) is 7.30. The molecule has 0 saturated carbocycles. The van der Waals surface area contributed by atoms with E-state index in [9.17, 15) is 0 Å². The van der Waals surface area contributed by atoms with Gasteiger partial charge in [0, 0.05) is 41.7 Å². The van der Waals surface area contributed by atoms with Crippen LogP contribution in [0.15, 0.2) is 180 Å². The molecule has 238 valence electrons. The van der Waals surface area contributed by atoms with Gasteiger partial charge in [-0.25, -0.2) is 0 Å². The number of nitrogens with zero attached hydrogens (tertiary/aromatic N) is 1. The van der Waals surface area contributed by atoms with E-state index in [-0.39, 0.29) is 0 Å². The first kappa shape index (κ1) is 28.4. The van der Waals surface area contributed by atoms with Gasteiger partial charge in [-0.05, 0) is 81.9 Å². The Morgan fingerprint density at radius 2 is 0.980 bits per heavy atom. The van der Waals surface area contributed by atoms with Gasteiger partial charge in [0.25, 0.3) is 0 Å². The summed E-state index contributed by atoms with van der Waals surface area (Å²) in [6.45, 7) is 0. The van der Waals surface area contributed by atoms with E-state index in [1.54, 1.807) is 0 Å². The Kier molecular flexibility index (Phi) is 6.16. The fraction of sp³-hybridized carbons (Fsp3) is 0. The Morgan fingerprint density at radius 3 is 1.71 bits per heavy atom. The zero-order chi connectivity index (χ0) is 33.5. The lowest BCUT2D eigenvalue weighted by atomic mass is 10.0. The molecule has 51 heavy (non-hydrogen) atoms. The average Bonchev–Trinajstić information content (AvgIpc) is 3.87. The summed E-state index contributed by atoms with van der Waals surface area (Å²) in [7, 11) is 0. The topological polar surface area (TPSA) is 18.1 Å². The maximum Gasteiger partial charge on any atom is 0.159 e. The van der Waals surface area contributed by atoms with Gasteiger partial charge in [-0.1, -0.05) is 127 Å². The van der Waals surface area contributed by atoms with Crippen molar-refractivity contribution in [2.45, 2.75) is 0 Å². The molecule has 3 aromatic heterocycles. The molecule has 11 aromatic rings. The second-order valence-corrected chi connectivity index (χ2v) is 14.3. The minimum atomic E-state index is 0.891. The fourth-order valence-electron chi connectivity index (χ4n) is 8.00. The minimum Gasteiger partial charge on any atom is -0.454 e. The number of aromatic nitrogens is 1. The number of benzene rings is 8. The smallest absolute Gasteiger partial charge is 0.159 e. The highest BCUT2D eigenvalue weighted by Crippen LogP contribution is 2.43. The summed E-state index contributed by atoms with van der Waals surface area (Å²) >= 11 is 1.87. The monoisotopic (exact) mass is 667 g/mol. The van der Waals surface area contributed by atoms with Gasteiger partial charge >= 0.3 is 0 Å². The van der Waals surface area contributed by atoms with Crippen LogP contribution in [0.1, 0.15) is 0 Å². The van der Waals surface area contributed by atoms with Gasteiger partial charge in [0.05, 0.1) is 16.7 Å². The highest BCUT2D eigenvalue weighted by molar-refractivity contribution is 7.26. The quantitative estimate of drug-likeness (QED) is 0.183. The van der Waals surface area contributed by atoms with Crippen LogP contribution in [0.25, 0.3) is 103 Å². The van der Waals surface area contributed by atoms with E-state index in [1.165, 1.54) is 64.3 Å². The van der Waals surface area contributed by atoms with E-state index in [0.717, 1.165) is 38.7 Å². The van der Waals surface area contributed by atoms with Crippen LogP contribution in [-0.4, -0.2) is 4.57 Å². The summed E-state index contributed by atoms with van der Waals surface area (Å²) in [6, 6.07) is 63.6. The Bertz CT molecular complexity index is 3030. The molecular formula is C48H29NOS. The standard InChI is InChI=1S/C48H29NOS/c1-3-11-30(12-4-1)32-21-24-42-39(27-32)40-28-33(31-13-5-2-6-14-31)22-25-43(40)49(42)44-19-10-17-37-41-29-34(23-26-45(41)50-47(37)44)35-16-9-18-38-36-15-7-8-20-46(36)51-48(35)38/h1-29H. The molecular weight excluding hydrogens is 639 g/mol. The van der Waals surface area contributed by atoms with Crippen LogP contribution in [0.4, 0.5) is 0 Å². The second kappa shape index (κ2) is 11.0. The average molecular weight is 668 g/mol. The van der Waals surface area contributed by atoms with E-state index in [4.69, 9.17) is 4.42 Å². The first-order valence-electron chi connectivity index (χ1n) is 17.3. The van der Waals surface area contributed by atoms with Gasteiger partial charge in [0.2, 0.25) is 0 Å². The van der Waals surface area contributed by atoms with Crippen LogP contribution in [0.3, 0.4) is 0 Å². The zero-order valence-electron chi connectivity index (χ0n) is 27.5. The van der Waals surface area contributed by atoms with Gasteiger partial charge < -0.3 is 8.98 Å². The maximum atomic E-state index is 6.80. The van der Waals surface area contributed by atoms with Crippen molar-refractivity contribution in [3.63, 3.8) is 0 Å². The third kappa shape index (κ3) is 4.35. The normalized spacial score (nSPS) is 11.9. The van der Waals surface area contributed by atoms with Crippen LogP contribution in [-0.2, 0) is 0 Å². The van der Waals surface area contributed by atoms with E-state index in [0.29, 0.717) is 0 Å². The van der Waals surface area contributed by atoms with Crippen LogP contribution in [0, 0.1) is 0 Å². The minimum absolute atomic E-state index is 0.891. The number of furan rings is 1. The van der Waals surface area contributed by atoms with Crippen molar-refractivity contribution in [1.82, 2.24) is 4.57 Å². The summed E-state index contributed by atoms with van der Waals surface area (Å²) < 4.78 is 11.8. The number of rotatable bonds is 4. The lowest BCUT2D eigenvalue weighted by Crippen LogP contribution is -1.94. The van der Waals surface area contributed by atoms with Gasteiger partial charge in [-0.15, -0.1) is 11.3 Å². The molecule has 3 heterocycles.